The molecule has 0 atom stereocenters. The van der Waals surface area contributed by atoms with Gasteiger partial charge in [0.2, 0.25) is 0 Å². The topological polar surface area (TPSA) is 51.8 Å². The van der Waals surface area contributed by atoms with Gasteiger partial charge in [-0.2, -0.15) is 0 Å². The van der Waals surface area contributed by atoms with E-state index in [0.717, 1.165) is 16.1 Å². The molecule has 1 heterocycles. The third-order valence-electron chi connectivity index (χ3n) is 1.93. The molecule has 2 aromatic rings. The smallest absolute Gasteiger partial charge is 0.110 e. The Morgan fingerprint density at radius 3 is 2.73 bits per heavy atom. The molecule has 1 aromatic carbocycles. The van der Waals surface area contributed by atoms with Crippen LogP contribution in [0.4, 0.5) is 0 Å². The molecule has 2 rings (SSSR count). The monoisotopic (exact) mass is 259 g/mol. The minimum absolute atomic E-state index is 0.424. The van der Waals surface area contributed by atoms with Gasteiger partial charge < -0.3 is 5.73 Å². The average molecular weight is 260 g/mol. The van der Waals surface area contributed by atoms with E-state index in [1.54, 1.807) is 12.1 Å². The molecule has 0 fully saturated rings. The summed E-state index contributed by atoms with van der Waals surface area (Å²) in [6.07, 6.45) is 0. The van der Waals surface area contributed by atoms with Gasteiger partial charge in [0.1, 0.15) is 5.69 Å². The molecular formula is C9H7Cl2N3S. The lowest BCUT2D eigenvalue weighted by atomic mass is 10.1. The first-order valence-corrected chi connectivity index (χ1v) is 5.72. The highest BCUT2D eigenvalue weighted by molar-refractivity contribution is 7.05. The maximum absolute atomic E-state index is 5.92. The molecule has 0 radical (unpaired) electrons. The first kappa shape index (κ1) is 10.8. The van der Waals surface area contributed by atoms with Crippen molar-refractivity contribution >= 4 is 34.7 Å². The lowest BCUT2D eigenvalue weighted by molar-refractivity contribution is 1.08. The molecular weight excluding hydrogens is 253 g/mol. The Labute approximate surface area is 101 Å². The quantitative estimate of drug-likeness (QED) is 0.903. The van der Waals surface area contributed by atoms with Gasteiger partial charge in [0.15, 0.2) is 0 Å². The van der Waals surface area contributed by atoms with Gasteiger partial charge in [0.25, 0.3) is 0 Å². The van der Waals surface area contributed by atoms with Gasteiger partial charge in [0, 0.05) is 12.1 Å². The number of benzene rings is 1. The normalized spacial score (nSPS) is 10.6. The van der Waals surface area contributed by atoms with Crippen molar-refractivity contribution in [3.05, 3.63) is 33.1 Å². The summed E-state index contributed by atoms with van der Waals surface area (Å²) in [5, 5.41) is 5.05. The van der Waals surface area contributed by atoms with Gasteiger partial charge in [-0.25, -0.2) is 0 Å². The molecule has 0 saturated carbocycles. The number of rotatable bonds is 2. The van der Waals surface area contributed by atoms with Gasteiger partial charge in [-0.05, 0) is 23.7 Å². The van der Waals surface area contributed by atoms with Gasteiger partial charge in [-0.1, -0.05) is 33.8 Å². The number of hydrogen-bond donors (Lipinski definition) is 1. The Morgan fingerprint density at radius 2 is 2.07 bits per heavy atom. The van der Waals surface area contributed by atoms with Crippen LogP contribution in [0.3, 0.4) is 0 Å². The Hall–Kier alpha value is -0.680. The Kier molecular flexibility index (Phi) is 3.21. The Bertz CT molecular complexity index is 484. The highest BCUT2D eigenvalue weighted by Crippen LogP contribution is 2.29. The van der Waals surface area contributed by atoms with Crippen LogP contribution in [0.5, 0.6) is 0 Å². The van der Waals surface area contributed by atoms with Gasteiger partial charge in [-0.15, -0.1) is 5.10 Å². The second-order valence-corrected chi connectivity index (χ2v) is 4.53. The van der Waals surface area contributed by atoms with Crippen LogP contribution in [0.25, 0.3) is 11.3 Å². The molecule has 0 unspecified atom stereocenters. The van der Waals surface area contributed by atoms with Crippen molar-refractivity contribution in [3.63, 3.8) is 0 Å². The van der Waals surface area contributed by atoms with Crippen molar-refractivity contribution in [2.75, 3.05) is 0 Å². The Morgan fingerprint density at radius 1 is 1.27 bits per heavy atom. The zero-order chi connectivity index (χ0) is 10.8. The van der Waals surface area contributed by atoms with Crippen LogP contribution in [-0.4, -0.2) is 9.59 Å². The molecule has 0 aliphatic carbocycles. The highest BCUT2D eigenvalue weighted by Gasteiger charge is 2.10. The van der Waals surface area contributed by atoms with Crippen LogP contribution < -0.4 is 5.73 Å². The van der Waals surface area contributed by atoms with Crippen molar-refractivity contribution in [3.8, 4) is 11.3 Å². The summed E-state index contributed by atoms with van der Waals surface area (Å²) in [7, 11) is 0. The van der Waals surface area contributed by atoms with Crippen LogP contribution in [-0.2, 0) is 6.54 Å². The molecule has 0 aliphatic rings. The molecule has 0 amide bonds. The van der Waals surface area contributed by atoms with Gasteiger partial charge in [0.05, 0.1) is 14.9 Å². The summed E-state index contributed by atoms with van der Waals surface area (Å²) in [5.41, 5.74) is 7.24. The molecule has 2 N–H and O–H groups in total. The summed E-state index contributed by atoms with van der Waals surface area (Å²) < 4.78 is 3.86. The SMILES string of the molecule is NCc1snnc1-c1ccc(Cl)c(Cl)c1. The van der Waals surface area contributed by atoms with Crippen molar-refractivity contribution in [2.24, 2.45) is 5.73 Å². The molecule has 0 saturated heterocycles. The van der Waals surface area contributed by atoms with Crippen LogP contribution in [0.15, 0.2) is 18.2 Å². The number of aromatic nitrogens is 2. The van der Waals surface area contributed by atoms with Gasteiger partial charge in [-0.3, -0.25) is 0 Å². The van der Waals surface area contributed by atoms with E-state index >= 15 is 0 Å². The largest absolute Gasteiger partial charge is 0.326 e. The molecule has 0 aliphatic heterocycles. The predicted molar refractivity (Wildman–Crippen MR) is 63.3 cm³/mol. The standard InChI is InChI=1S/C9H7Cl2N3S/c10-6-2-1-5(3-7(6)11)9-8(4-12)15-14-13-9/h1-3H,4,12H2. The summed E-state index contributed by atoms with van der Waals surface area (Å²) in [4.78, 5) is 0.938. The van der Waals surface area contributed by atoms with Crippen LogP contribution in [0.1, 0.15) is 4.88 Å². The number of hydrogen-bond acceptors (Lipinski definition) is 4. The summed E-state index contributed by atoms with van der Waals surface area (Å²) in [5.74, 6) is 0. The van der Waals surface area contributed by atoms with Crippen molar-refractivity contribution in [2.45, 2.75) is 6.54 Å². The second-order valence-electron chi connectivity index (χ2n) is 2.88. The lowest BCUT2D eigenvalue weighted by Gasteiger charge is -2.01. The first-order valence-electron chi connectivity index (χ1n) is 4.19. The van der Waals surface area contributed by atoms with E-state index in [1.807, 2.05) is 6.07 Å². The minimum Gasteiger partial charge on any atom is -0.326 e. The van der Waals surface area contributed by atoms with Gasteiger partial charge >= 0.3 is 0 Å². The Balaban J connectivity index is 2.50. The molecule has 0 spiro atoms. The van der Waals surface area contributed by atoms with Crippen LogP contribution >= 0.6 is 34.7 Å². The fourth-order valence-electron chi connectivity index (χ4n) is 1.21. The highest BCUT2D eigenvalue weighted by atomic mass is 35.5. The maximum atomic E-state index is 5.92. The molecule has 3 nitrogen and oxygen atoms in total. The molecule has 6 heteroatoms. The van der Waals surface area contributed by atoms with E-state index in [1.165, 1.54) is 11.5 Å². The van der Waals surface area contributed by atoms with Crippen LogP contribution in [0.2, 0.25) is 10.0 Å². The molecule has 15 heavy (non-hydrogen) atoms. The van der Waals surface area contributed by atoms with E-state index in [0.29, 0.717) is 16.6 Å². The van der Waals surface area contributed by atoms with E-state index in [-0.39, 0.29) is 0 Å². The summed E-state index contributed by atoms with van der Waals surface area (Å²) in [6.45, 7) is 0.424. The van der Waals surface area contributed by atoms with E-state index < -0.39 is 0 Å². The fourth-order valence-corrected chi connectivity index (χ4v) is 2.04. The third kappa shape index (κ3) is 2.13. The van der Waals surface area contributed by atoms with E-state index in [9.17, 15) is 0 Å². The van der Waals surface area contributed by atoms with Crippen molar-refractivity contribution in [1.29, 1.82) is 0 Å². The van der Waals surface area contributed by atoms with E-state index in [2.05, 4.69) is 9.59 Å². The maximum Gasteiger partial charge on any atom is 0.110 e. The third-order valence-corrected chi connectivity index (χ3v) is 3.42. The second kappa shape index (κ2) is 4.45. The van der Waals surface area contributed by atoms with Crippen molar-refractivity contribution < 1.29 is 0 Å². The molecule has 0 bridgehead atoms. The first-order chi connectivity index (χ1) is 7.22. The summed E-state index contributed by atoms with van der Waals surface area (Å²) in [6, 6.07) is 5.35. The fraction of sp³-hybridized carbons (Fsp3) is 0.111. The molecule has 1 aromatic heterocycles. The number of halogens is 2. The zero-order valence-corrected chi connectivity index (χ0v) is 9.90. The summed E-state index contributed by atoms with van der Waals surface area (Å²) >= 11 is 13.0. The number of nitrogens with two attached hydrogens (primary N) is 1. The molecule has 78 valence electrons. The minimum atomic E-state index is 0.424. The predicted octanol–water partition coefficient (Wildman–Crippen LogP) is 2.97. The lowest BCUT2D eigenvalue weighted by Crippen LogP contribution is -1.95. The van der Waals surface area contributed by atoms with Crippen LogP contribution in [0, 0.1) is 0 Å². The van der Waals surface area contributed by atoms with Crippen molar-refractivity contribution in [1.82, 2.24) is 9.59 Å². The van der Waals surface area contributed by atoms with E-state index in [4.69, 9.17) is 28.9 Å². The number of nitrogens with zero attached hydrogens (tertiary/aromatic N) is 2. The average Bonchev–Trinajstić information content (AvgIpc) is 2.70. The zero-order valence-electron chi connectivity index (χ0n) is 7.58.